The second-order valence-electron chi connectivity index (χ2n) is 8.37. The molecule has 1 aromatic heterocycles. The van der Waals surface area contributed by atoms with Crippen LogP contribution in [0.15, 0.2) is 82.7 Å². The van der Waals surface area contributed by atoms with Crippen molar-refractivity contribution >= 4 is 49.1 Å². The topological polar surface area (TPSA) is 141 Å². The van der Waals surface area contributed by atoms with Gasteiger partial charge in [-0.3, -0.25) is 19.7 Å². The molecule has 1 heterocycles. The highest BCUT2D eigenvalue weighted by Crippen LogP contribution is 2.24. The number of nitrogens with zero attached hydrogens (tertiary/aromatic N) is 4. The molecule has 3 aromatic carbocycles. The number of aromatic nitrogens is 1. The Morgan fingerprint density at radius 3 is 2.41 bits per heavy atom. The number of sulfonamides is 1. The minimum Gasteiger partial charge on any atom is -0.465 e. The van der Waals surface area contributed by atoms with Gasteiger partial charge in [0.15, 0.2) is 4.80 Å². The van der Waals surface area contributed by atoms with Crippen LogP contribution in [0.25, 0.3) is 10.2 Å². The number of fused-ring (bicyclic) bond motifs is 1. The molecular formula is C26H24N4O7S2. The normalized spacial score (nSPS) is 12.1. The Balaban J connectivity index is 1.64. The molecule has 4 rings (SSSR count). The van der Waals surface area contributed by atoms with Crippen LogP contribution in [0.4, 0.5) is 5.69 Å². The number of amides is 1. The Bertz CT molecular complexity index is 1710. The number of carbonyl (C=O) groups excluding carboxylic acids is 2. The van der Waals surface area contributed by atoms with E-state index < -0.39 is 26.8 Å². The summed E-state index contributed by atoms with van der Waals surface area (Å²) in [6.07, 6.45) is 0. The first-order valence-electron chi connectivity index (χ1n) is 11.7. The lowest BCUT2D eigenvalue weighted by molar-refractivity contribution is -0.384. The molecule has 0 bridgehead atoms. The van der Waals surface area contributed by atoms with Gasteiger partial charge in [-0.05, 0) is 42.8 Å². The highest BCUT2D eigenvalue weighted by Gasteiger charge is 2.22. The number of hydrogen-bond donors (Lipinski definition) is 0. The minimum atomic E-state index is -3.81. The largest absolute Gasteiger partial charge is 0.465 e. The van der Waals surface area contributed by atoms with E-state index in [0.717, 1.165) is 16.9 Å². The minimum absolute atomic E-state index is 0.0176. The number of rotatable bonds is 9. The lowest BCUT2D eigenvalue weighted by atomic mass is 10.2. The van der Waals surface area contributed by atoms with E-state index in [1.807, 2.05) is 30.3 Å². The van der Waals surface area contributed by atoms with Gasteiger partial charge in [-0.2, -0.15) is 9.30 Å². The Hall–Kier alpha value is -4.20. The number of nitro groups is 1. The zero-order valence-electron chi connectivity index (χ0n) is 21.0. The number of carbonyl (C=O) groups is 2. The highest BCUT2D eigenvalue weighted by atomic mass is 32.2. The molecule has 0 unspecified atom stereocenters. The molecule has 1 amide bonds. The van der Waals surface area contributed by atoms with Crippen LogP contribution in [0, 0.1) is 10.1 Å². The van der Waals surface area contributed by atoms with Crippen LogP contribution in [0.1, 0.15) is 22.8 Å². The number of thiazole rings is 1. The van der Waals surface area contributed by atoms with Crippen LogP contribution >= 0.6 is 11.3 Å². The first kappa shape index (κ1) is 27.8. The summed E-state index contributed by atoms with van der Waals surface area (Å²) < 4.78 is 34.2. The fourth-order valence-corrected chi connectivity index (χ4v) is 6.00. The zero-order valence-corrected chi connectivity index (χ0v) is 22.6. The second-order valence-corrected chi connectivity index (χ2v) is 11.4. The molecule has 0 N–H and O–H groups in total. The average Bonchev–Trinajstić information content (AvgIpc) is 3.25. The molecule has 202 valence electrons. The number of non-ortho nitro benzene ring substituents is 1. The summed E-state index contributed by atoms with van der Waals surface area (Å²) in [6.45, 7) is 1.76. The van der Waals surface area contributed by atoms with Crippen molar-refractivity contribution in [2.75, 3.05) is 13.7 Å². The van der Waals surface area contributed by atoms with E-state index in [-0.39, 0.29) is 40.6 Å². The number of benzene rings is 3. The monoisotopic (exact) mass is 568 g/mol. The van der Waals surface area contributed by atoms with E-state index in [9.17, 15) is 28.1 Å². The Kier molecular flexibility index (Phi) is 8.33. The summed E-state index contributed by atoms with van der Waals surface area (Å²) in [5, 5.41) is 11.2. The maximum absolute atomic E-state index is 13.0. The maximum Gasteiger partial charge on any atom is 0.326 e. The third-order valence-electron chi connectivity index (χ3n) is 5.72. The van der Waals surface area contributed by atoms with Crippen LogP contribution in [0.2, 0.25) is 0 Å². The van der Waals surface area contributed by atoms with Gasteiger partial charge in [0.2, 0.25) is 10.0 Å². The molecule has 39 heavy (non-hydrogen) atoms. The van der Waals surface area contributed by atoms with Gasteiger partial charge in [0.05, 0.1) is 26.6 Å². The standard InChI is InChI=1S/C26H24N4O7S2/c1-3-37-24(31)17-29-22-14-11-20(30(33)34)15-23(22)38-26(29)27-25(32)19-9-12-21(13-10-19)39(35,36)28(2)16-18-7-5-4-6-8-18/h4-15H,3,16-17H2,1-2H3. The summed E-state index contributed by atoms with van der Waals surface area (Å²) in [4.78, 5) is 40.2. The van der Waals surface area contributed by atoms with E-state index in [0.29, 0.717) is 10.2 Å². The SMILES string of the molecule is CCOC(=O)Cn1c(=NC(=O)c2ccc(S(=O)(=O)N(C)Cc3ccccc3)cc2)sc2cc([N+](=O)[O-])ccc21. The predicted molar refractivity (Wildman–Crippen MR) is 145 cm³/mol. The Labute approximate surface area is 227 Å². The van der Waals surface area contributed by atoms with Crippen LogP contribution < -0.4 is 4.80 Å². The van der Waals surface area contributed by atoms with Gasteiger partial charge in [-0.15, -0.1) is 0 Å². The average molecular weight is 569 g/mol. The first-order chi connectivity index (χ1) is 18.6. The molecule has 4 aromatic rings. The molecule has 13 heteroatoms. The van der Waals surface area contributed by atoms with Crippen molar-refractivity contribution in [1.82, 2.24) is 8.87 Å². The smallest absolute Gasteiger partial charge is 0.326 e. The van der Waals surface area contributed by atoms with Crippen molar-refractivity contribution in [3.63, 3.8) is 0 Å². The van der Waals surface area contributed by atoms with E-state index in [1.54, 1.807) is 6.92 Å². The number of nitro benzene ring substituents is 1. The van der Waals surface area contributed by atoms with Crippen LogP contribution in [0.5, 0.6) is 0 Å². The van der Waals surface area contributed by atoms with Gasteiger partial charge < -0.3 is 9.30 Å². The molecule has 0 radical (unpaired) electrons. The van der Waals surface area contributed by atoms with Gasteiger partial charge >= 0.3 is 5.97 Å². The van der Waals surface area contributed by atoms with Gasteiger partial charge in [-0.1, -0.05) is 41.7 Å². The van der Waals surface area contributed by atoms with Crippen molar-refractivity contribution in [3.05, 3.63) is 98.8 Å². The molecule has 0 spiro atoms. The molecular weight excluding hydrogens is 544 g/mol. The fourth-order valence-electron chi connectivity index (χ4n) is 3.78. The van der Waals surface area contributed by atoms with Gasteiger partial charge in [0.25, 0.3) is 11.6 Å². The van der Waals surface area contributed by atoms with Crippen molar-refractivity contribution in [1.29, 1.82) is 0 Å². The maximum atomic E-state index is 13.0. The molecule has 0 saturated heterocycles. The highest BCUT2D eigenvalue weighted by molar-refractivity contribution is 7.89. The number of hydrogen-bond acceptors (Lipinski definition) is 8. The summed E-state index contributed by atoms with van der Waals surface area (Å²) in [7, 11) is -2.33. The van der Waals surface area contributed by atoms with Crippen LogP contribution in [0.3, 0.4) is 0 Å². The Morgan fingerprint density at radius 1 is 1.08 bits per heavy atom. The predicted octanol–water partition coefficient (Wildman–Crippen LogP) is 3.74. The van der Waals surface area contributed by atoms with Gasteiger partial charge in [0, 0.05) is 31.3 Å². The van der Waals surface area contributed by atoms with Crippen LogP contribution in [-0.4, -0.2) is 47.7 Å². The van der Waals surface area contributed by atoms with E-state index in [1.165, 1.54) is 58.4 Å². The van der Waals surface area contributed by atoms with Crippen molar-refractivity contribution < 1.29 is 27.7 Å². The number of esters is 1. The third kappa shape index (κ3) is 6.28. The lowest BCUT2D eigenvalue weighted by Gasteiger charge is -2.17. The van der Waals surface area contributed by atoms with Crippen LogP contribution in [-0.2, 0) is 32.6 Å². The first-order valence-corrected chi connectivity index (χ1v) is 14.0. The summed E-state index contributed by atoms with van der Waals surface area (Å²) in [6, 6.07) is 18.7. The van der Waals surface area contributed by atoms with Gasteiger partial charge in [0.1, 0.15) is 6.54 Å². The molecule has 0 aliphatic carbocycles. The third-order valence-corrected chi connectivity index (χ3v) is 8.58. The lowest BCUT2D eigenvalue weighted by Crippen LogP contribution is -2.26. The Morgan fingerprint density at radius 2 is 1.77 bits per heavy atom. The van der Waals surface area contributed by atoms with Crippen molar-refractivity contribution in [2.45, 2.75) is 24.9 Å². The van der Waals surface area contributed by atoms with Crippen molar-refractivity contribution in [3.8, 4) is 0 Å². The molecule has 0 aliphatic heterocycles. The van der Waals surface area contributed by atoms with Gasteiger partial charge in [-0.25, -0.2) is 8.42 Å². The molecule has 0 saturated carbocycles. The number of ether oxygens (including phenoxy) is 1. The van der Waals surface area contributed by atoms with E-state index in [2.05, 4.69) is 4.99 Å². The molecule has 11 nitrogen and oxygen atoms in total. The van der Waals surface area contributed by atoms with E-state index in [4.69, 9.17) is 4.74 Å². The summed E-state index contributed by atoms with van der Waals surface area (Å²) in [5.41, 5.74) is 1.30. The molecule has 0 atom stereocenters. The summed E-state index contributed by atoms with van der Waals surface area (Å²) in [5.74, 6) is -1.23. The quantitative estimate of drug-likeness (QED) is 0.170. The van der Waals surface area contributed by atoms with Crippen molar-refractivity contribution in [2.24, 2.45) is 4.99 Å². The van der Waals surface area contributed by atoms with E-state index >= 15 is 0 Å². The second kappa shape index (κ2) is 11.7. The molecule has 0 fully saturated rings. The fraction of sp³-hybridized carbons (Fsp3) is 0.192. The zero-order chi connectivity index (χ0) is 28.2. The summed E-state index contributed by atoms with van der Waals surface area (Å²) >= 11 is 1.01. The molecule has 0 aliphatic rings.